The Morgan fingerprint density at radius 2 is 2.04 bits per heavy atom. The summed E-state index contributed by atoms with van der Waals surface area (Å²) in [6.07, 6.45) is 0. The third kappa shape index (κ3) is 3.59. The number of nitriles is 1. The number of benzene rings is 2. The molecule has 0 unspecified atom stereocenters. The van der Waals surface area contributed by atoms with Crippen molar-refractivity contribution in [2.24, 2.45) is 0 Å². The first-order valence-electron chi connectivity index (χ1n) is 7.20. The van der Waals surface area contributed by atoms with Gasteiger partial charge in [-0.3, -0.25) is 9.32 Å². The Bertz CT molecular complexity index is 1020. The zero-order chi connectivity index (χ0) is 17.8. The molecule has 1 N–H and O–H groups in total. The number of carbonyl (C=O) groups is 1. The number of aromatic nitrogens is 2. The summed E-state index contributed by atoms with van der Waals surface area (Å²) < 4.78 is 5.81. The lowest BCUT2D eigenvalue weighted by Gasteiger charge is -2.07. The van der Waals surface area contributed by atoms with E-state index in [0.717, 1.165) is 4.57 Å². The highest BCUT2D eigenvalue weighted by atomic mass is 35.5. The Morgan fingerprint density at radius 3 is 2.72 bits per heavy atom. The Balaban J connectivity index is 1.80. The van der Waals surface area contributed by atoms with Gasteiger partial charge in [-0.2, -0.15) is 5.26 Å². The van der Waals surface area contributed by atoms with Crippen LogP contribution in [0.5, 0.6) is 0 Å². The standard InChI is InChI=1S/C17H11ClN4O3/c18-14-8-13(7-6-12(14)9-19)20-15(23)10-22-16(21-25-17(22)24)11-4-2-1-3-5-11/h1-8H,10H2,(H,20,23). The van der Waals surface area contributed by atoms with E-state index in [1.807, 2.05) is 12.1 Å². The lowest BCUT2D eigenvalue weighted by atomic mass is 10.2. The Kier molecular flexibility index (Phi) is 4.64. The molecule has 0 atom stereocenters. The first-order valence-corrected chi connectivity index (χ1v) is 7.57. The minimum absolute atomic E-state index is 0.229. The summed E-state index contributed by atoms with van der Waals surface area (Å²) in [7, 11) is 0. The van der Waals surface area contributed by atoms with Gasteiger partial charge in [0.15, 0.2) is 5.82 Å². The van der Waals surface area contributed by atoms with E-state index in [1.54, 1.807) is 30.3 Å². The average Bonchev–Trinajstić information content (AvgIpc) is 2.96. The monoisotopic (exact) mass is 354 g/mol. The smallest absolute Gasteiger partial charge is 0.324 e. The lowest BCUT2D eigenvalue weighted by molar-refractivity contribution is -0.116. The van der Waals surface area contributed by atoms with Crippen LogP contribution in [0, 0.1) is 11.3 Å². The molecule has 1 heterocycles. The maximum absolute atomic E-state index is 12.2. The average molecular weight is 355 g/mol. The minimum atomic E-state index is -0.730. The molecule has 25 heavy (non-hydrogen) atoms. The van der Waals surface area contributed by atoms with Crippen LogP contribution in [0.4, 0.5) is 5.69 Å². The molecule has 1 aromatic heterocycles. The van der Waals surface area contributed by atoms with Gasteiger partial charge in [-0.1, -0.05) is 47.1 Å². The molecule has 0 bridgehead atoms. The number of nitrogens with zero attached hydrogens (tertiary/aromatic N) is 3. The molecule has 0 aliphatic heterocycles. The molecule has 0 spiro atoms. The van der Waals surface area contributed by atoms with Crippen molar-refractivity contribution in [1.29, 1.82) is 5.26 Å². The van der Waals surface area contributed by atoms with Gasteiger partial charge in [0.1, 0.15) is 12.6 Å². The molecule has 8 heteroatoms. The third-order valence-electron chi connectivity index (χ3n) is 3.39. The van der Waals surface area contributed by atoms with Crippen LogP contribution in [0.15, 0.2) is 57.8 Å². The number of carbonyl (C=O) groups excluding carboxylic acids is 1. The van der Waals surface area contributed by atoms with Gasteiger partial charge in [0, 0.05) is 11.3 Å². The van der Waals surface area contributed by atoms with Gasteiger partial charge in [-0.05, 0) is 18.2 Å². The van der Waals surface area contributed by atoms with Crippen LogP contribution in [0.2, 0.25) is 5.02 Å². The van der Waals surface area contributed by atoms with Gasteiger partial charge < -0.3 is 5.32 Å². The molecule has 0 aliphatic rings. The van der Waals surface area contributed by atoms with Crippen molar-refractivity contribution in [3.63, 3.8) is 0 Å². The summed E-state index contributed by atoms with van der Waals surface area (Å²) in [4.78, 5) is 24.1. The predicted octanol–water partition coefficient (Wildman–Crippen LogP) is 2.67. The van der Waals surface area contributed by atoms with Crippen LogP contribution in [0.25, 0.3) is 11.4 Å². The van der Waals surface area contributed by atoms with Crippen LogP contribution >= 0.6 is 11.6 Å². The molecular formula is C17H11ClN4O3. The first-order chi connectivity index (χ1) is 12.1. The predicted molar refractivity (Wildman–Crippen MR) is 91.0 cm³/mol. The van der Waals surface area contributed by atoms with Gasteiger partial charge in [0.2, 0.25) is 5.91 Å². The summed E-state index contributed by atoms with van der Waals surface area (Å²) in [5, 5.41) is 15.4. The van der Waals surface area contributed by atoms with Crippen molar-refractivity contribution in [1.82, 2.24) is 9.72 Å². The molecule has 0 radical (unpaired) electrons. The summed E-state index contributed by atoms with van der Waals surface area (Å²) in [6.45, 7) is -0.274. The molecular weight excluding hydrogens is 344 g/mol. The van der Waals surface area contributed by atoms with Crippen molar-refractivity contribution in [3.8, 4) is 17.5 Å². The van der Waals surface area contributed by atoms with Gasteiger partial charge in [0.05, 0.1) is 10.6 Å². The van der Waals surface area contributed by atoms with Crippen LogP contribution in [-0.2, 0) is 11.3 Å². The molecule has 0 saturated heterocycles. The fourth-order valence-electron chi connectivity index (χ4n) is 2.23. The third-order valence-corrected chi connectivity index (χ3v) is 3.71. The number of nitrogens with one attached hydrogen (secondary N) is 1. The zero-order valence-electron chi connectivity index (χ0n) is 12.8. The second kappa shape index (κ2) is 7.03. The molecule has 1 amide bonds. The number of anilines is 1. The summed E-state index contributed by atoms with van der Waals surface area (Å²) >= 11 is 5.93. The van der Waals surface area contributed by atoms with E-state index in [0.29, 0.717) is 16.8 Å². The Morgan fingerprint density at radius 1 is 1.28 bits per heavy atom. The van der Waals surface area contributed by atoms with E-state index in [2.05, 4.69) is 15.0 Å². The van der Waals surface area contributed by atoms with E-state index in [1.165, 1.54) is 12.1 Å². The second-order valence-corrected chi connectivity index (χ2v) is 5.49. The summed E-state index contributed by atoms with van der Waals surface area (Å²) in [5.41, 5.74) is 1.38. The normalized spacial score (nSPS) is 10.2. The van der Waals surface area contributed by atoms with E-state index >= 15 is 0 Å². The van der Waals surface area contributed by atoms with E-state index in [-0.39, 0.29) is 17.4 Å². The zero-order valence-corrected chi connectivity index (χ0v) is 13.5. The molecule has 2 aromatic carbocycles. The number of rotatable bonds is 4. The largest absolute Gasteiger partial charge is 0.442 e. The van der Waals surface area contributed by atoms with Crippen molar-refractivity contribution in [2.75, 3.05) is 5.32 Å². The number of amides is 1. The van der Waals surface area contributed by atoms with Crippen molar-refractivity contribution in [2.45, 2.75) is 6.54 Å². The molecule has 0 fully saturated rings. The SMILES string of the molecule is N#Cc1ccc(NC(=O)Cn2c(-c3ccccc3)noc2=O)cc1Cl. The minimum Gasteiger partial charge on any atom is -0.324 e. The van der Waals surface area contributed by atoms with Crippen LogP contribution in [0.1, 0.15) is 5.56 Å². The maximum Gasteiger partial charge on any atom is 0.442 e. The van der Waals surface area contributed by atoms with Crippen molar-refractivity contribution < 1.29 is 9.32 Å². The number of hydrogen-bond donors (Lipinski definition) is 1. The lowest BCUT2D eigenvalue weighted by Crippen LogP contribution is -2.25. The van der Waals surface area contributed by atoms with Gasteiger partial charge in [-0.15, -0.1) is 0 Å². The second-order valence-electron chi connectivity index (χ2n) is 5.08. The molecule has 7 nitrogen and oxygen atoms in total. The highest BCUT2D eigenvalue weighted by molar-refractivity contribution is 6.32. The highest BCUT2D eigenvalue weighted by Gasteiger charge is 2.16. The first kappa shape index (κ1) is 16.5. The maximum atomic E-state index is 12.2. The molecule has 0 saturated carbocycles. The molecule has 3 aromatic rings. The van der Waals surface area contributed by atoms with Gasteiger partial charge >= 0.3 is 5.76 Å². The van der Waals surface area contributed by atoms with Crippen LogP contribution < -0.4 is 11.1 Å². The molecule has 0 aliphatic carbocycles. The van der Waals surface area contributed by atoms with Crippen molar-refractivity contribution in [3.05, 3.63) is 69.7 Å². The van der Waals surface area contributed by atoms with Crippen LogP contribution in [0.3, 0.4) is 0 Å². The van der Waals surface area contributed by atoms with E-state index < -0.39 is 11.7 Å². The topological polar surface area (TPSA) is 101 Å². The van der Waals surface area contributed by atoms with Crippen LogP contribution in [-0.4, -0.2) is 15.6 Å². The quantitative estimate of drug-likeness (QED) is 0.776. The van der Waals surface area contributed by atoms with Crippen molar-refractivity contribution >= 4 is 23.2 Å². The van der Waals surface area contributed by atoms with Gasteiger partial charge in [0.25, 0.3) is 0 Å². The van der Waals surface area contributed by atoms with E-state index in [9.17, 15) is 9.59 Å². The fourth-order valence-corrected chi connectivity index (χ4v) is 2.45. The molecule has 124 valence electrons. The Hall–Kier alpha value is -3.37. The summed E-state index contributed by atoms with van der Waals surface area (Å²) in [6, 6.07) is 15.4. The fraction of sp³-hybridized carbons (Fsp3) is 0.0588. The van der Waals surface area contributed by atoms with Gasteiger partial charge in [-0.25, -0.2) is 9.36 Å². The summed E-state index contributed by atoms with van der Waals surface area (Å²) in [5.74, 6) is -0.922. The number of hydrogen-bond acceptors (Lipinski definition) is 5. The molecule has 3 rings (SSSR count). The Labute approximate surface area is 147 Å². The number of halogens is 1. The van der Waals surface area contributed by atoms with E-state index in [4.69, 9.17) is 16.9 Å². The highest BCUT2D eigenvalue weighted by Crippen LogP contribution is 2.20.